The zero-order valence-corrected chi connectivity index (χ0v) is 12.5. The maximum absolute atomic E-state index is 12.4. The maximum atomic E-state index is 12.4. The van der Waals surface area contributed by atoms with Gasteiger partial charge in [0.25, 0.3) is 0 Å². The van der Waals surface area contributed by atoms with Crippen LogP contribution >= 0.6 is 12.2 Å². The molecule has 0 amide bonds. The van der Waals surface area contributed by atoms with Crippen molar-refractivity contribution in [3.05, 3.63) is 42.5 Å². The average molecular weight is 338 g/mol. The van der Waals surface area contributed by atoms with E-state index in [-0.39, 0.29) is 17.7 Å². The first-order valence-electron chi connectivity index (χ1n) is 6.63. The van der Waals surface area contributed by atoms with Crippen LogP contribution in [0.25, 0.3) is 0 Å². The summed E-state index contributed by atoms with van der Waals surface area (Å²) in [5.41, 5.74) is 1.02. The Morgan fingerprint density at radius 1 is 1.09 bits per heavy atom. The van der Waals surface area contributed by atoms with E-state index in [4.69, 9.17) is 21.7 Å². The van der Waals surface area contributed by atoms with Gasteiger partial charge < -0.3 is 24.8 Å². The minimum atomic E-state index is -2.91. The molecule has 5 nitrogen and oxygen atoms in total. The molecule has 0 saturated carbocycles. The molecule has 0 atom stereocenters. The molecule has 0 spiro atoms. The number of halogens is 2. The van der Waals surface area contributed by atoms with Crippen molar-refractivity contribution < 1.29 is 23.0 Å². The molecule has 0 unspecified atom stereocenters. The lowest BCUT2D eigenvalue weighted by Gasteiger charge is -2.14. The molecule has 120 valence electrons. The second-order valence-electron chi connectivity index (χ2n) is 4.52. The summed E-state index contributed by atoms with van der Waals surface area (Å²) >= 11 is 5.18. The molecule has 8 heteroatoms. The minimum absolute atomic E-state index is 0.0114. The fourth-order valence-corrected chi connectivity index (χ4v) is 2.26. The van der Waals surface area contributed by atoms with Crippen LogP contribution in [0.4, 0.5) is 20.2 Å². The summed E-state index contributed by atoms with van der Waals surface area (Å²) in [5.74, 6) is 1.28. The van der Waals surface area contributed by atoms with Crippen LogP contribution < -0.4 is 24.8 Å². The van der Waals surface area contributed by atoms with Crippen molar-refractivity contribution in [1.29, 1.82) is 0 Å². The van der Waals surface area contributed by atoms with Crippen molar-refractivity contribution in [2.45, 2.75) is 6.61 Å². The highest BCUT2D eigenvalue weighted by molar-refractivity contribution is 7.80. The zero-order valence-electron chi connectivity index (χ0n) is 11.7. The topological polar surface area (TPSA) is 51.8 Å². The Morgan fingerprint density at radius 2 is 1.87 bits per heavy atom. The summed E-state index contributed by atoms with van der Waals surface area (Å²) in [6, 6.07) is 11.5. The van der Waals surface area contributed by atoms with Gasteiger partial charge in [0.15, 0.2) is 16.6 Å². The number of para-hydroxylation sites is 2. The van der Waals surface area contributed by atoms with Gasteiger partial charge in [-0.15, -0.1) is 0 Å². The first-order chi connectivity index (χ1) is 11.1. The van der Waals surface area contributed by atoms with Gasteiger partial charge in [0.1, 0.15) is 5.75 Å². The second kappa shape index (κ2) is 6.66. The van der Waals surface area contributed by atoms with E-state index < -0.39 is 6.61 Å². The smallest absolute Gasteiger partial charge is 0.387 e. The van der Waals surface area contributed by atoms with E-state index in [9.17, 15) is 8.78 Å². The van der Waals surface area contributed by atoms with Crippen LogP contribution in [0.2, 0.25) is 0 Å². The molecule has 0 bridgehead atoms. The Balaban J connectivity index is 1.68. The summed E-state index contributed by atoms with van der Waals surface area (Å²) in [5, 5.41) is 6.00. The second-order valence-corrected chi connectivity index (χ2v) is 4.93. The molecular formula is C15H12F2N2O3S. The molecule has 0 radical (unpaired) electrons. The number of nitrogens with one attached hydrogen (secondary N) is 2. The summed E-state index contributed by atoms with van der Waals surface area (Å²) in [7, 11) is 0. The molecule has 0 aromatic heterocycles. The van der Waals surface area contributed by atoms with Crippen LogP contribution in [0.3, 0.4) is 0 Å². The SMILES string of the molecule is FC(F)Oc1ccccc1NC(=S)Nc1ccc2c(c1)OCO2. The van der Waals surface area contributed by atoms with Crippen molar-refractivity contribution in [2.75, 3.05) is 17.4 Å². The van der Waals surface area contributed by atoms with Crippen molar-refractivity contribution in [1.82, 2.24) is 0 Å². The number of anilines is 2. The summed E-state index contributed by atoms with van der Waals surface area (Å²) in [6.07, 6.45) is 0. The molecule has 1 aliphatic heterocycles. The van der Waals surface area contributed by atoms with E-state index in [1.165, 1.54) is 6.07 Å². The molecule has 23 heavy (non-hydrogen) atoms. The lowest BCUT2D eigenvalue weighted by atomic mass is 10.3. The van der Waals surface area contributed by atoms with E-state index in [2.05, 4.69) is 15.4 Å². The fourth-order valence-electron chi connectivity index (χ4n) is 2.03. The highest BCUT2D eigenvalue weighted by Crippen LogP contribution is 2.34. The van der Waals surface area contributed by atoms with Gasteiger partial charge in [0.05, 0.1) is 5.69 Å². The molecule has 0 fully saturated rings. The van der Waals surface area contributed by atoms with Gasteiger partial charge in [0, 0.05) is 11.8 Å². The van der Waals surface area contributed by atoms with Crippen LogP contribution in [0.1, 0.15) is 0 Å². The van der Waals surface area contributed by atoms with Crippen LogP contribution in [-0.4, -0.2) is 18.5 Å². The van der Waals surface area contributed by atoms with E-state index in [0.717, 1.165) is 0 Å². The highest BCUT2D eigenvalue weighted by atomic mass is 32.1. The number of benzene rings is 2. The molecule has 2 N–H and O–H groups in total. The number of thiocarbonyl (C=S) groups is 1. The van der Waals surface area contributed by atoms with Crippen molar-refractivity contribution in [3.8, 4) is 17.2 Å². The minimum Gasteiger partial charge on any atom is -0.454 e. The molecule has 0 saturated heterocycles. The highest BCUT2D eigenvalue weighted by Gasteiger charge is 2.14. The van der Waals surface area contributed by atoms with Gasteiger partial charge >= 0.3 is 6.61 Å². The first-order valence-corrected chi connectivity index (χ1v) is 7.04. The maximum Gasteiger partial charge on any atom is 0.387 e. The Bertz CT molecular complexity index is 728. The predicted molar refractivity (Wildman–Crippen MR) is 85.5 cm³/mol. The number of hydrogen-bond donors (Lipinski definition) is 2. The zero-order chi connectivity index (χ0) is 16.2. The lowest BCUT2D eigenvalue weighted by Crippen LogP contribution is -2.19. The number of fused-ring (bicyclic) bond motifs is 1. The van der Waals surface area contributed by atoms with Gasteiger partial charge in [0.2, 0.25) is 6.79 Å². The summed E-state index contributed by atoms with van der Waals surface area (Å²) < 4.78 is 39.7. The van der Waals surface area contributed by atoms with Crippen molar-refractivity contribution in [2.24, 2.45) is 0 Å². The molecular weight excluding hydrogens is 326 g/mol. The van der Waals surface area contributed by atoms with Gasteiger partial charge in [-0.2, -0.15) is 8.78 Å². The van der Waals surface area contributed by atoms with E-state index in [1.807, 2.05) is 0 Å². The van der Waals surface area contributed by atoms with Crippen LogP contribution in [0.15, 0.2) is 42.5 Å². The normalized spacial score (nSPS) is 12.1. The molecule has 3 rings (SSSR count). The van der Waals surface area contributed by atoms with Gasteiger partial charge in [-0.25, -0.2) is 0 Å². The van der Waals surface area contributed by atoms with Crippen molar-refractivity contribution >= 4 is 28.7 Å². The fraction of sp³-hybridized carbons (Fsp3) is 0.133. The summed E-state index contributed by atoms with van der Waals surface area (Å²) in [6.45, 7) is -2.73. The third kappa shape index (κ3) is 3.78. The lowest BCUT2D eigenvalue weighted by molar-refractivity contribution is -0.0493. The molecule has 1 aliphatic rings. The summed E-state index contributed by atoms with van der Waals surface area (Å²) in [4.78, 5) is 0. The largest absolute Gasteiger partial charge is 0.454 e. The Kier molecular flexibility index (Phi) is 4.42. The van der Waals surface area contributed by atoms with Gasteiger partial charge in [-0.1, -0.05) is 12.1 Å². The Morgan fingerprint density at radius 3 is 2.70 bits per heavy atom. The molecule has 2 aromatic rings. The average Bonchev–Trinajstić information content (AvgIpc) is 2.96. The van der Waals surface area contributed by atoms with Crippen LogP contribution in [-0.2, 0) is 0 Å². The number of hydrogen-bond acceptors (Lipinski definition) is 4. The standard InChI is InChI=1S/C15H12F2N2O3S/c16-14(17)22-11-4-2-1-3-10(11)19-15(23)18-9-5-6-12-13(7-9)21-8-20-12/h1-7,14H,8H2,(H2,18,19,23). The van der Waals surface area contributed by atoms with E-state index in [1.54, 1.807) is 36.4 Å². The molecule has 0 aliphatic carbocycles. The van der Waals surface area contributed by atoms with E-state index in [0.29, 0.717) is 22.9 Å². The quantitative estimate of drug-likeness (QED) is 0.827. The first kappa shape index (κ1) is 15.3. The Hall–Kier alpha value is -2.61. The monoisotopic (exact) mass is 338 g/mol. The number of rotatable bonds is 4. The molecule has 2 aromatic carbocycles. The van der Waals surface area contributed by atoms with Gasteiger partial charge in [-0.3, -0.25) is 0 Å². The predicted octanol–water partition coefficient (Wildman–Crippen LogP) is 3.83. The number of ether oxygens (including phenoxy) is 3. The Labute approximate surface area is 136 Å². The number of alkyl halides is 2. The molecule has 1 heterocycles. The van der Waals surface area contributed by atoms with Crippen LogP contribution in [0.5, 0.6) is 17.2 Å². The third-order valence-corrected chi connectivity index (χ3v) is 3.19. The van der Waals surface area contributed by atoms with Crippen LogP contribution in [0, 0.1) is 0 Å². The van der Waals surface area contributed by atoms with Gasteiger partial charge in [-0.05, 0) is 36.5 Å². The van der Waals surface area contributed by atoms with E-state index >= 15 is 0 Å². The van der Waals surface area contributed by atoms with Crippen molar-refractivity contribution in [3.63, 3.8) is 0 Å². The third-order valence-electron chi connectivity index (χ3n) is 2.98.